The molecule has 3 N–H and O–H groups in total. The smallest absolute Gasteiger partial charge is 0.225 e. The van der Waals surface area contributed by atoms with Gasteiger partial charge in [-0.3, -0.25) is 4.79 Å². The summed E-state index contributed by atoms with van der Waals surface area (Å²) in [6, 6.07) is 6.02. The number of nitrogens with one attached hydrogen (secondary N) is 1. The SMILES string of the molecule is CC(N)C(C)C(=O)NC(C)(C)c1cccc(F)c1.Cl. The Hall–Kier alpha value is -1.13. The lowest BCUT2D eigenvalue weighted by atomic mass is 9.92. The summed E-state index contributed by atoms with van der Waals surface area (Å²) in [6.07, 6.45) is 0. The molecule has 0 aliphatic rings. The minimum Gasteiger partial charge on any atom is -0.347 e. The van der Waals surface area contributed by atoms with Gasteiger partial charge >= 0.3 is 0 Å². The van der Waals surface area contributed by atoms with Gasteiger partial charge in [0.1, 0.15) is 5.82 Å². The average Bonchev–Trinajstić information content (AvgIpc) is 2.27. The van der Waals surface area contributed by atoms with E-state index in [-0.39, 0.29) is 36.1 Å². The van der Waals surface area contributed by atoms with Gasteiger partial charge in [0.05, 0.1) is 5.54 Å². The first-order chi connectivity index (χ1) is 8.24. The second kappa shape index (κ2) is 6.87. The molecule has 1 aromatic rings. The highest BCUT2D eigenvalue weighted by Gasteiger charge is 2.26. The van der Waals surface area contributed by atoms with Crippen LogP contribution in [0.25, 0.3) is 0 Å². The highest BCUT2D eigenvalue weighted by Crippen LogP contribution is 2.21. The van der Waals surface area contributed by atoms with Gasteiger partial charge in [-0.2, -0.15) is 0 Å². The molecule has 5 heteroatoms. The first-order valence-electron chi connectivity index (χ1n) is 6.07. The normalized spacial score (nSPS) is 14.2. The lowest BCUT2D eigenvalue weighted by Gasteiger charge is -2.29. The lowest BCUT2D eigenvalue weighted by Crippen LogP contribution is -2.47. The van der Waals surface area contributed by atoms with Crippen molar-refractivity contribution in [3.05, 3.63) is 35.6 Å². The molecule has 0 bridgehead atoms. The maximum atomic E-state index is 13.2. The summed E-state index contributed by atoms with van der Waals surface area (Å²) in [5.41, 5.74) is 5.80. The first kappa shape index (κ1) is 17.9. The molecule has 19 heavy (non-hydrogen) atoms. The standard InChI is InChI=1S/C14H21FN2O.ClH/c1-9(10(2)16)13(18)17-14(3,4)11-6-5-7-12(15)8-11;/h5-10H,16H2,1-4H3,(H,17,18);1H. The van der Waals surface area contributed by atoms with Crippen molar-refractivity contribution >= 4 is 18.3 Å². The van der Waals surface area contributed by atoms with Crippen LogP contribution in [0, 0.1) is 11.7 Å². The Kier molecular flexibility index (Phi) is 6.46. The molecule has 108 valence electrons. The number of amides is 1. The molecular formula is C14H22ClFN2O. The molecule has 0 aromatic heterocycles. The number of carbonyl (C=O) groups excluding carboxylic acids is 1. The monoisotopic (exact) mass is 288 g/mol. The third kappa shape index (κ3) is 4.80. The quantitative estimate of drug-likeness (QED) is 0.895. The molecule has 0 saturated heterocycles. The minimum absolute atomic E-state index is 0. The van der Waals surface area contributed by atoms with E-state index < -0.39 is 5.54 Å². The maximum absolute atomic E-state index is 13.2. The van der Waals surface area contributed by atoms with Crippen molar-refractivity contribution in [1.82, 2.24) is 5.32 Å². The van der Waals surface area contributed by atoms with Gasteiger partial charge in [-0.05, 0) is 38.5 Å². The topological polar surface area (TPSA) is 55.1 Å². The van der Waals surface area contributed by atoms with Gasteiger partial charge in [0.15, 0.2) is 0 Å². The van der Waals surface area contributed by atoms with Crippen LogP contribution >= 0.6 is 12.4 Å². The van der Waals surface area contributed by atoms with Crippen LogP contribution in [0.1, 0.15) is 33.3 Å². The Morgan fingerprint density at radius 3 is 2.42 bits per heavy atom. The summed E-state index contributed by atoms with van der Waals surface area (Å²) in [7, 11) is 0. The van der Waals surface area contributed by atoms with Gasteiger partial charge in [-0.1, -0.05) is 19.1 Å². The molecule has 0 saturated carbocycles. The Balaban J connectivity index is 0.00000324. The third-order valence-electron chi connectivity index (χ3n) is 3.18. The number of benzene rings is 1. The van der Waals surface area contributed by atoms with Crippen molar-refractivity contribution in [3.8, 4) is 0 Å². The van der Waals surface area contributed by atoms with Gasteiger partial charge in [0, 0.05) is 12.0 Å². The van der Waals surface area contributed by atoms with Crippen molar-refractivity contribution in [1.29, 1.82) is 0 Å². The molecule has 1 amide bonds. The molecule has 1 rings (SSSR count). The fraction of sp³-hybridized carbons (Fsp3) is 0.500. The van der Waals surface area contributed by atoms with Crippen LogP contribution in [-0.2, 0) is 10.3 Å². The summed E-state index contributed by atoms with van der Waals surface area (Å²) >= 11 is 0. The zero-order valence-corrected chi connectivity index (χ0v) is 12.6. The van der Waals surface area contributed by atoms with Crippen LogP contribution in [-0.4, -0.2) is 11.9 Å². The number of rotatable bonds is 4. The second-order valence-corrected chi connectivity index (χ2v) is 5.27. The number of carbonyl (C=O) groups is 1. The van der Waals surface area contributed by atoms with Gasteiger partial charge < -0.3 is 11.1 Å². The third-order valence-corrected chi connectivity index (χ3v) is 3.18. The van der Waals surface area contributed by atoms with Crippen molar-refractivity contribution in [3.63, 3.8) is 0 Å². The highest BCUT2D eigenvalue weighted by atomic mass is 35.5. The molecule has 3 nitrogen and oxygen atoms in total. The highest BCUT2D eigenvalue weighted by molar-refractivity contribution is 5.85. The lowest BCUT2D eigenvalue weighted by molar-refractivity contribution is -0.126. The molecule has 0 heterocycles. The Morgan fingerprint density at radius 2 is 1.95 bits per heavy atom. The predicted molar refractivity (Wildman–Crippen MR) is 77.6 cm³/mol. The van der Waals surface area contributed by atoms with Crippen LogP contribution in [0.2, 0.25) is 0 Å². The zero-order chi connectivity index (χ0) is 13.9. The van der Waals surface area contributed by atoms with Crippen LogP contribution in [0.3, 0.4) is 0 Å². The van der Waals surface area contributed by atoms with E-state index in [0.717, 1.165) is 5.56 Å². The molecule has 0 fully saturated rings. The molecule has 0 aliphatic heterocycles. The molecule has 2 atom stereocenters. The maximum Gasteiger partial charge on any atom is 0.225 e. The Bertz CT molecular complexity index is 435. The van der Waals surface area contributed by atoms with Crippen molar-refractivity contribution in [2.24, 2.45) is 11.7 Å². The Labute approximate surface area is 120 Å². The number of halogens is 2. The van der Waals surface area contributed by atoms with Crippen LogP contribution in [0.5, 0.6) is 0 Å². The van der Waals surface area contributed by atoms with E-state index in [0.29, 0.717) is 0 Å². The zero-order valence-electron chi connectivity index (χ0n) is 11.7. The summed E-state index contributed by atoms with van der Waals surface area (Å²) in [4.78, 5) is 12.0. The van der Waals surface area contributed by atoms with Gasteiger partial charge in [0.2, 0.25) is 5.91 Å². The van der Waals surface area contributed by atoms with Crippen LogP contribution in [0.15, 0.2) is 24.3 Å². The van der Waals surface area contributed by atoms with E-state index in [1.165, 1.54) is 12.1 Å². The first-order valence-corrected chi connectivity index (χ1v) is 6.07. The Morgan fingerprint density at radius 1 is 1.37 bits per heavy atom. The van der Waals surface area contributed by atoms with Gasteiger partial charge in [-0.25, -0.2) is 4.39 Å². The van der Waals surface area contributed by atoms with Crippen molar-refractivity contribution in [2.75, 3.05) is 0 Å². The molecule has 2 unspecified atom stereocenters. The van der Waals surface area contributed by atoms with E-state index in [1.807, 2.05) is 13.8 Å². The fourth-order valence-electron chi connectivity index (χ4n) is 1.61. The number of hydrogen-bond acceptors (Lipinski definition) is 2. The summed E-state index contributed by atoms with van der Waals surface area (Å²) in [6.45, 7) is 7.25. The van der Waals surface area contributed by atoms with Crippen molar-refractivity contribution in [2.45, 2.75) is 39.3 Å². The van der Waals surface area contributed by atoms with E-state index in [1.54, 1.807) is 26.0 Å². The largest absolute Gasteiger partial charge is 0.347 e. The minimum atomic E-state index is -0.623. The molecular weight excluding hydrogens is 267 g/mol. The summed E-state index contributed by atoms with van der Waals surface area (Å²) in [5, 5.41) is 2.90. The predicted octanol–water partition coefficient (Wildman–Crippen LogP) is 2.58. The molecule has 0 aliphatic carbocycles. The number of hydrogen-bond donors (Lipinski definition) is 2. The summed E-state index contributed by atoms with van der Waals surface area (Å²) < 4.78 is 13.2. The second-order valence-electron chi connectivity index (χ2n) is 5.27. The number of nitrogens with two attached hydrogens (primary N) is 1. The van der Waals surface area contributed by atoms with Gasteiger partial charge in [-0.15, -0.1) is 12.4 Å². The summed E-state index contributed by atoms with van der Waals surface area (Å²) in [5.74, 6) is -0.716. The van der Waals surface area contributed by atoms with E-state index in [2.05, 4.69) is 5.32 Å². The van der Waals surface area contributed by atoms with E-state index in [9.17, 15) is 9.18 Å². The molecule has 0 spiro atoms. The van der Waals surface area contributed by atoms with E-state index >= 15 is 0 Å². The fourth-order valence-corrected chi connectivity index (χ4v) is 1.61. The molecule has 1 aromatic carbocycles. The van der Waals surface area contributed by atoms with E-state index in [4.69, 9.17) is 5.73 Å². The van der Waals surface area contributed by atoms with Crippen LogP contribution in [0.4, 0.5) is 4.39 Å². The molecule has 0 radical (unpaired) electrons. The average molecular weight is 289 g/mol. The van der Waals surface area contributed by atoms with Crippen LogP contribution < -0.4 is 11.1 Å². The van der Waals surface area contributed by atoms with Crippen molar-refractivity contribution < 1.29 is 9.18 Å². The van der Waals surface area contributed by atoms with Gasteiger partial charge in [0.25, 0.3) is 0 Å².